The van der Waals surface area contributed by atoms with Crippen LogP contribution >= 0.6 is 0 Å². The molecule has 0 radical (unpaired) electrons. The molecule has 1 N–H and O–H groups in total. The minimum Gasteiger partial charge on any atom is -0.494 e. The van der Waals surface area contributed by atoms with Crippen molar-refractivity contribution < 1.29 is 9.47 Å². The molecule has 28 heavy (non-hydrogen) atoms. The van der Waals surface area contributed by atoms with Gasteiger partial charge >= 0.3 is 0 Å². The predicted molar refractivity (Wildman–Crippen MR) is 114 cm³/mol. The van der Waals surface area contributed by atoms with Gasteiger partial charge in [0, 0.05) is 38.2 Å². The van der Waals surface area contributed by atoms with Gasteiger partial charge in [-0.3, -0.25) is 0 Å². The zero-order valence-electron chi connectivity index (χ0n) is 17.7. The molecule has 156 valence electrons. The number of rotatable bonds is 8. The van der Waals surface area contributed by atoms with E-state index in [1.54, 1.807) is 0 Å². The molecule has 0 aromatic heterocycles. The van der Waals surface area contributed by atoms with Crippen LogP contribution in [0.25, 0.3) is 0 Å². The highest BCUT2D eigenvalue weighted by molar-refractivity contribution is 5.80. The van der Waals surface area contributed by atoms with Crippen LogP contribution in [0.4, 0.5) is 0 Å². The molecule has 2 fully saturated rings. The molecule has 1 spiro atoms. The molecule has 0 aliphatic carbocycles. The van der Waals surface area contributed by atoms with E-state index in [1.165, 1.54) is 18.4 Å². The standard InChI is InChI=1S/C22H36N4O2/c1-4-23-21(26-13-10-22(17-26)11-15-27-18-22)24-16-19-6-8-20(9-7-19)28-14-5-12-25(2)3/h6-9H,4-5,10-18H2,1-3H3,(H,23,24). The Morgan fingerprint density at radius 1 is 1.29 bits per heavy atom. The number of guanidine groups is 1. The van der Waals surface area contributed by atoms with Crippen LogP contribution in [0.2, 0.25) is 0 Å². The Morgan fingerprint density at radius 2 is 2.11 bits per heavy atom. The SMILES string of the molecule is CCNC(=NCc1ccc(OCCCN(C)C)cc1)N1CCC2(CCOC2)C1. The number of nitrogens with zero attached hydrogens (tertiary/aromatic N) is 3. The van der Waals surface area contributed by atoms with Gasteiger partial charge in [0.15, 0.2) is 5.96 Å². The summed E-state index contributed by atoms with van der Waals surface area (Å²) < 4.78 is 11.5. The summed E-state index contributed by atoms with van der Waals surface area (Å²) in [5.74, 6) is 1.95. The van der Waals surface area contributed by atoms with Gasteiger partial charge in [-0.05, 0) is 58.0 Å². The molecular weight excluding hydrogens is 352 g/mol. The van der Waals surface area contributed by atoms with Crippen molar-refractivity contribution in [3.8, 4) is 5.75 Å². The van der Waals surface area contributed by atoms with Crippen molar-refractivity contribution in [2.45, 2.75) is 32.7 Å². The van der Waals surface area contributed by atoms with Crippen LogP contribution in [0.15, 0.2) is 29.3 Å². The van der Waals surface area contributed by atoms with Gasteiger partial charge in [0.25, 0.3) is 0 Å². The fourth-order valence-corrected chi connectivity index (χ4v) is 3.94. The first kappa shape index (κ1) is 20.9. The molecule has 1 aromatic rings. The van der Waals surface area contributed by atoms with Gasteiger partial charge in [-0.1, -0.05) is 12.1 Å². The third-order valence-electron chi connectivity index (χ3n) is 5.61. The molecule has 3 rings (SSSR count). The van der Waals surface area contributed by atoms with E-state index in [1.807, 2.05) is 12.1 Å². The summed E-state index contributed by atoms with van der Waals surface area (Å²) in [6.45, 7) is 9.42. The van der Waals surface area contributed by atoms with Crippen LogP contribution in [0, 0.1) is 5.41 Å². The van der Waals surface area contributed by atoms with Crippen molar-refractivity contribution in [2.75, 3.05) is 60.1 Å². The number of hydrogen-bond donors (Lipinski definition) is 1. The zero-order valence-corrected chi connectivity index (χ0v) is 17.7. The summed E-state index contributed by atoms with van der Waals surface area (Å²) >= 11 is 0. The van der Waals surface area contributed by atoms with E-state index in [-0.39, 0.29) is 0 Å². The Labute approximate surface area is 169 Å². The van der Waals surface area contributed by atoms with E-state index < -0.39 is 0 Å². The maximum atomic E-state index is 5.82. The van der Waals surface area contributed by atoms with Gasteiger partial charge in [0.1, 0.15) is 5.75 Å². The van der Waals surface area contributed by atoms with E-state index in [2.05, 4.69) is 48.3 Å². The number of likely N-dealkylation sites (tertiary alicyclic amines) is 1. The molecule has 0 saturated carbocycles. The first-order chi connectivity index (χ1) is 13.6. The van der Waals surface area contributed by atoms with Crippen molar-refractivity contribution in [1.82, 2.24) is 15.1 Å². The topological polar surface area (TPSA) is 49.3 Å². The first-order valence-electron chi connectivity index (χ1n) is 10.6. The van der Waals surface area contributed by atoms with Crippen LogP contribution in [0.5, 0.6) is 5.75 Å². The molecule has 2 saturated heterocycles. The smallest absolute Gasteiger partial charge is 0.194 e. The number of aliphatic imine (C=N–C) groups is 1. The maximum absolute atomic E-state index is 5.82. The Balaban J connectivity index is 1.51. The second kappa shape index (κ2) is 10.1. The maximum Gasteiger partial charge on any atom is 0.194 e. The third-order valence-corrected chi connectivity index (χ3v) is 5.61. The van der Waals surface area contributed by atoms with E-state index in [0.717, 1.165) is 64.1 Å². The summed E-state index contributed by atoms with van der Waals surface area (Å²) in [5, 5.41) is 3.46. The van der Waals surface area contributed by atoms with Gasteiger partial charge in [0.05, 0.1) is 19.8 Å². The summed E-state index contributed by atoms with van der Waals surface area (Å²) in [5.41, 5.74) is 1.55. The van der Waals surface area contributed by atoms with Crippen LogP contribution in [0.3, 0.4) is 0 Å². The van der Waals surface area contributed by atoms with Crippen LogP contribution < -0.4 is 10.1 Å². The molecule has 0 amide bonds. The van der Waals surface area contributed by atoms with Gasteiger partial charge in [-0.2, -0.15) is 0 Å². The van der Waals surface area contributed by atoms with Gasteiger partial charge < -0.3 is 24.6 Å². The Kier molecular flexibility index (Phi) is 7.57. The zero-order chi connectivity index (χ0) is 19.8. The Morgan fingerprint density at radius 3 is 2.79 bits per heavy atom. The van der Waals surface area contributed by atoms with Gasteiger partial charge in [-0.25, -0.2) is 4.99 Å². The second-order valence-corrected chi connectivity index (χ2v) is 8.29. The number of ether oxygens (including phenoxy) is 2. The van der Waals surface area contributed by atoms with Crippen molar-refractivity contribution >= 4 is 5.96 Å². The molecule has 1 unspecified atom stereocenters. The van der Waals surface area contributed by atoms with Crippen molar-refractivity contribution in [1.29, 1.82) is 0 Å². The lowest BCUT2D eigenvalue weighted by molar-refractivity contribution is 0.156. The highest BCUT2D eigenvalue weighted by Gasteiger charge is 2.42. The van der Waals surface area contributed by atoms with Gasteiger partial charge in [0.2, 0.25) is 0 Å². The van der Waals surface area contributed by atoms with E-state index in [0.29, 0.717) is 12.0 Å². The molecule has 1 aromatic carbocycles. The van der Waals surface area contributed by atoms with E-state index >= 15 is 0 Å². The number of benzene rings is 1. The minimum atomic E-state index is 0.349. The summed E-state index contributed by atoms with van der Waals surface area (Å²) in [6.07, 6.45) is 3.42. The van der Waals surface area contributed by atoms with Gasteiger partial charge in [-0.15, -0.1) is 0 Å². The average Bonchev–Trinajstić information content (AvgIpc) is 3.33. The third kappa shape index (κ3) is 5.85. The first-order valence-corrected chi connectivity index (χ1v) is 10.6. The van der Waals surface area contributed by atoms with E-state index in [4.69, 9.17) is 14.5 Å². The van der Waals surface area contributed by atoms with Crippen LogP contribution in [0.1, 0.15) is 31.7 Å². The lowest BCUT2D eigenvalue weighted by atomic mass is 9.87. The Bertz CT molecular complexity index is 624. The lowest BCUT2D eigenvalue weighted by Gasteiger charge is -2.25. The van der Waals surface area contributed by atoms with Crippen molar-refractivity contribution in [2.24, 2.45) is 10.4 Å². The van der Waals surface area contributed by atoms with E-state index in [9.17, 15) is 0 Å². The minimum absolute atomic E-state index is 0.349. The molecule has 6 nitrogen and oxygen atoms in total. The molecule has 2 aliphatic heterocycles. The number of nitrogens with one attached hydrogen (secondary N) is 1. The van der Waals surface area contributed by atoms with Crippen LogP contribution in [-0.2, 0) is 11.3 Å². The fourth-order valence-electron chi connectivity index (χ4n) is 3.94. The fraction of sp³-hybridized carbons (Fsp3) is 0.682. The summed E-state index contributed by atoms with van der Waals surface area (Å²) in [7, 11) is 4.17. The number of hydrogen-bond acceptors (Lipinski definition) is 4. The molecule has 2 heterocycles. The van der Waals surface area contributed by atoms with Crippen molar-refractivity contribution in [3.05, 3.63) is 29.8 Å². The van der Waals surface area contributed by atoms with Crippen LogP contribution in [-0.4, -0.2) is 75.9 Å². The monoisotopic (exact) mass is 388 g/mol. The summed E-state index contributed by atoms with van der Waals surface area (Å²) in [4.78, 5) is 9.47. The summed E-state index contributed by atoms with van der Waals surface area (Å²) in [6, 6.07) is 8.33. The largest absolute Gasteiger partial charge is 0.494 e. The second-order valence-electron chi connectivity index (χ2n) is 8.29. The highest BCUT2D eigenvalue weighted by Crippen LogP contribution is 2.38. The van der Waals surface area contributed by atoms with Crippen molar-refractivity contribution in [3.63, 3.8) is 0 Å². The average molecular weight is 389 g/mol. The molecular formula is C22H36N4O2. The Hall–Kier alpha value is -1.79. The lowest BCUT2D eigenvalue weighted by Crippen LogP contribution is -2.41. The molecule has 1 atom stereocenters. The predicted octanol–water partition coefficient (Wildman–Crippen LogP) is 2.60. The quantitative estimate of drug-likeness (QED) is 0.421. The molecule has 0 bridgehead atoms. The normalized spacial score (nSPS) is 22.4. The molecule has 2 aliphatic rings. The molecule has 6 heteroatoms. The highest BCUT2D eigenvalue weighted by atomic mass is 16.5.